The van der Waals surface area contributed by atoms with Crippen molar-refractivity contribution in [1.82, 2.24) is 0 Å². The van der Waals surface area contributed by atoms with Crippen molar-refractivity contribution in [2.75, 3.05) is 0 Å². The van der Waals surface area contributed by atoms with E-state index in [2.05, 4.69) is 4.74 Å². The van der Waals surface area contributed by atoms with Crippen LogP contribution in [0.4, 0.5) is 22.0 Å². The van der Waals surface area contributed by atoms with Gasteiger partial charge in [0, 0.05) is 11.1 Å². The van der Waals surface area contributed by atoms with Crippen molar-refractivity contribution in [2.24, 2.45) is 0 Å². The second-order valence-corrected chi connectivity index (χ2v) is 5.05. The minimum atomic E-state index is -5.51. The molecule has 0 amide bonds. The number of benzene rings is 2. The van der Waals surface area contributed by atoms with Crippen LogP contribution in [0.3, 0.4) is 0 Å². The number of esters is 1. The summed E-state index contributed by atoms with van der Waals surface area (Å²) in [4.78, 5) is 12.0. The molecule has 2 aromatic carbocycles. The molecule has 2 aromatic rings. The Bertz CT molecular complexity index is 755. The van der Waals surface area contributed by atoms with Crippen molar-refractivity contribution in [3.05, 3.63) is 71.3 Å². The molecule has 1 atom stereocenters. The van der Waals surface area contributed by atoms with E-state index >= 15 is 0 Å². The summed E-state index contributed by atoms with van der Waals surface area (Å²) in [5.41, 5.74) is -6.47. The number of halogens is 5. The van der Waals surface area contributed by atoms with Crippen molar-refractivity contribution in [2.45, 2.75) is 17.7 Å². The zero-order chi connectivity index (χ0) is 16.9. The molecule has 0 fully saturated rings. The third-order valence-electron chi connectivity index (χ3n) is 3.75. The molecule has 2 nitrogen and oxygen atoms in total. The highest BCUT2D eigenvalue weighted by Gasteiger charge is 2.76. The van der Waals surface area contributed by atoms with Gasteiger partial charge in [-0.05, 0) is 6.07 Å². The first-order valence-corrected chi connectivity index (χ1v) is 6.55. The second-order valence-electron chi connectivity index (χ2n) is 5.05. The fourth-order valence-corrected chi connectivity index (χ4v) is 2.70. The highest BCUT2D eigenvalue weighted by atomic mass is 19.4. The summed E-state index contributed by atoms with van der Waals surface area (Å²) in [5.74, 6) is -5.91. The summed E-state index contributed by atoms with van der Waals surface area (Å²) >= 11 is 0. The number of fused-ring (bicyclic) bond motifs is 1. The number of carbonyl (C=O) groups is 1. The largest absolute Gasteiger partial charge is 0.439 e. The summed E-state index contributed by atoms with van der Waals surface area (Å²) in [5, 5.41) is 0. The lowest BCUT2D eigenvalue weighted by atomic mass is 9.79. The fourth-order valence-electron chi connectivity index (χ4n) is 2.70. The average molecular weight is 328 g/mol. The second kappa shape index (κ2) is 4.78. The normalized spacial score (nSPS) is 23.1. The third-order valence-corrected chi connectivity index (χ3v) is 3.75. The van der Waals surface area contributed by atoms with Crippen molar-refractivity contribution >= 4 is 5.97 Å². The SMILES string of the molecule is O=C1OC(c2ccccc2)(C(F)(F)F)C(F)(F)c2ccccc21. The topological polar surface area (TPSA) is 26.3 Å². The number of carbonyl (C=O) groups excluding carboxylic acids is 1. The Hall–Kier alpha value is -2.44. The Morgan fingerprint density at radius 3 is 2.04 bits per heavy atom. The molecule has 7 heteroatoms. The van der Waals surface area contributed by atoms with Crippen LogP contribution in [0.2, 0.25) is 0 Å². The molecule has 1 aliphatic heterocycles. The van der Waals surface area contributed by atoms with Gasteiger partial charge in [0.05, 0.1) is 5.56 Å². The predicted molar refractivity (Wildman–Crippen MR) is 69.9 cm³/mol. The number of cyclic esters (lactones) is 1. The smallest absolute Gasteiger partial charge is 0.434 e. The van der Waals surface area contributed by atoms with Crippen LogP contribution in [-0.4, -0.2) is 12.1 Å². The Labute approximate surface area is 127 Å². The summed E-state index contributed by atoms with van der Waals surface area (Å²) in [7, 11) is 0. The van der Waals surface area contributed by atoms with Gasteiger partial charge in [-0.1, -0.05) is 48.5 Å². The van der Waals surface area contributed by atoms with E-state index in [1.54, 1.807) is 0 Å². The Morgan fingerprint density at radius 1 is 0.870 bits per heavy atom. The first kappa shape index (κ1) is 15.5. The van der Waals surface area contributed by atoms with Crippen molar-refractivity contribution in [1.29, 1.82) is 0 Å². The molecular weight excluding hydrogens is 319 g/mol. The molecule has 0 saturated heterocycles. The van der Waals surface area contributed by atoms with E-state index in [0.717, 1.165) is 30.3 Å². The van der Waals surface area contributed by atoms with Gasteiger partial charge in [-0.3, -0.25) is 0 Å². The molecular formula is C16H9F5O2. The standard InChI is InChI=1S/C16H9F5O2/c17-15(18)12-9-5-4-8-11(12)13(22)23-14(15,16(19,20)21)10-6-2-1-3-7-10/h1-9H. The molecule has 0 spiro atoms. The summed E-state index contributed by atoms with van der Waals surface area (Å²) in [6.45, 7) is 0. The van der Waals surface area contributed by atoms with Crippen LogP contribution in [0.1, 0.15) is 21.5 Å². The lowest BCUT2D eigenvalue weighted by Crippen LogP contribution is -2.59. The first-order chi connectivity index (χ1) is 10.7. The molecule has 0 aliphatic carbocycles. The molecule has 0 radical (unpaired) electrons. The molecule has 1 aliphatic rings. The van der Waals surface area contributed by atoms with E-state index in [4.69, 9.17) is 0 Å². The van der Waals surface area contributed by atoms with E-state index in [9.17, 15) is 26.7 Å². The lowest BCUT2D eigenvalue weighted by molar-refractivity contribution is -0.346. The number of alkyl halides is 5. The van der Waals surface area contributed by atoms with Gasteiger partial charge >= 0.3 is 18.1 Å². The van der Waals surface area contributed by atoms with Crippen LogP contribution in [0.5, 0.6) is 0 Å². The van der Waals surface area contributed by atoms with Crippen LogP contribution in [-0.2, 0) is 16.3 Å². The van der Waals surface area contributed by atoms with Gasteiger partial charge in [0.25, 0.3) is 5.60 Å². The maximum Gasteiger partial charge on any atom is 0.439 e. The van der Waals surface area contributed by atoms with Crippen LogP contribution in [0, 0.1) is 0 Å². The van der Waals surface area contributed by atoms with E-state index < -0.39 is 40.4 Å². The van der Waals surface area contributed by atoms with Crippen molar-refractivity contribution in [3.63, 3.8) is 0 Å². The maximum absolute atomic E-state index is 14.9. The molecule has 0 bridgehead atoms. The van der Waals surface area contributed by atoms with Crippen LogP contribution in [0.15, 0.2) is 54.6 Å². The highest BCUT2D eigenvalue weighted by Crippen LogP contribution is 2.59. The Balaban J connectivity index is 2.37. The zero-order valence-corrected chi connectivity index (χ0v) is 11.4. The number of hydrogen-bond acceptors (Lipinski definition) is 2. The number of hydrogen-bond donors (Lipinski definition) is 0. The fraction of sp³-hybridized carbons (Fsp3) is 0.188. The Morgan fingerprint density at radius 2 is 1.43 bits per heavy atom. The molecule has 23 heavy (non-hydrogen) atoms. The molecule has 3 rings (SSSR count). The van der Waals surface area contributed by atoms with Crippen molar-refractivity contribution in [3.8, 4) is 0 Å². The lowest BCUT2D eigenvalue weighted by Gasteiger charge is -2.44. The van der Waals surface area contributed by atoms with Crippen LogP contribution < -0.4 is 0 Å². The first-order valence-electron chi connectivity index (χ1n) is 6.55. The minimum Gasteiger partial charge on any atom is -0.434 e. The van der Waals surface area contributed by atoms with Crippen LogP contribution >= 0.6 is 0 Å². The van der Waals surface area contributed by atoms with Gasteiger partial charge in [0.1, 0.15) is 0 Å². The molecule has 0 N–H and O–H groups in total. The van der Waals surface area contributed by atoms with Crippen LogP contribution in [0.25, 0.3) is 0 Å². The Kier molecular flexibility index (Phi) is 3.21. The molecule has 1 unspecified atom stereocenters. The van der Waals surface area contributed by atoms with Gasteiger partial charge in [0.2, 0.25) is 0 Å². The van der Waals surface area contributed by atoms with Crippen molar-refractivity contribution < 1.29 is 31.5 Å². The summed E-state index contributed by atoms with van der Waals surface area (Å²) in [6.07, 6.45) is -5.51. The quantitative estimate of drug-likeness (QED) is 0.573. The zero-order valence-electron chi connectivity index (χ0n) is 11.4. The van der Waals surface area contributed by atoms with Gasteiger partial charge in [-0.25, -0.2) is 4.79 Å². The van der Waals surface area contributed by atoms with E-state index in [0.29, 0.717) is 0 Å². The van der Waals surface area contributed by atoms with Gasteiger partial charge in [0.15, 0.2) is 0 Å². The average Bonchev–Trinajstić information content (AvgIpc) is 2.51. The molecule has 0 aromatic heterocycles. The number of ether oxygens (including phenoxy) is 1. The van der Waals surface area contributed by atoms with Gasteiger partial charge in [-0.2, -0.15) is 22.0 Å². The van der Waals surface area contributed by atoms with E-state index in [1.807, 2.05) is 0 Å². The number of rotatable bonds is 1. The highest BCUT2D eigenvalue weighted by molar-refractivity contribution is 5.93. The molecule has 0 saturated carbocycles. The minimum absolute atomic E-state index is 0.576. The molecule has 1 heterocycles. The van der Waals surface area contributed by atoms with E-state index in [-0.39, 0.29) is 0 Å². The maximum atomic E-state index is 14.9. The van der Waals surface area contributed by atoms with Gasteiger partial charge < -0.3 is 4.74 Å². The van der Waals surface area contributed by atoms with E-state index in [1.165, 1.54) is 24.3 Å². The third kappa shape index (κ3) is 1.95. The molecule has 120 valence electrons. The summed E-state index contributed by atoms with van der Waals surface area (Å²) < 4.78 is 75.2. The van der Waals surface area contributed by atoms with Gasteiger partial charge in [-0.15, -0.1) is 0 Å². The monoisotopic (exact) mass is 328 g/mol. The predicted octanol–water partition coefficient (Wildman–Crippen LogP) is 4.41. The summed E-state index contributed by atoms with van der Waals surface area (Å²) in [6, 6.07) is 9.70.